The van der Waals surface area contributed by atoms with Gasteiger partial charge in [-0.1, -0.05) is 15.9 Å². The van der Waals surface area contributed by atoms with Gasteiger partial charge < -0.3 is 10.4 Å². The summed E-state index contributed by atoms with van der Waals surface area (Å²) in [5, 5.41) is 14.2. The highest BCUT2D eigenvalue weighted by atomic mass is 79.9. The minimum Gasteiger partial charge on any atom is -0.464 e. The molecular formula is C14H13BrN2O2. The molecular weight excluding hydrogens is 308 g/mol. The molecule has 1 saturated heterocycles. The standard InChI is InChI=1S/C14H13BrN2O2/c15-7-1-4-11-9(5-7)13-10-3-2-8(16-10)6-12(13)17(11)14(18)19/h1,4-5,8,10,16H,2-3,6H2,(H,18,19). The summed E-state index contributed by atoms with van der Waals surface area (Å²) in [6, 6.07) is 6.57. The van der Waals surface area contributed by atoms with E-state index < -0.39 is 6.09 Å². The molecule has 19 heavy (non-hydrogen) atoms. The first-order valence-corrected chi connectivity index (χ1v) is 7.26. The third-order valence-electron chi connectivity index (χ3n) is 4.29. The fraction of sp³-hybridized carbons (Fsp3) is 0.357. The topological polar surface area (TPSA) is 54.3 Å². The Balaban J connectivity index is 2.11. The quantitative estimate of drug-likeness (QED) is 0.783. The Kier molecular flexibility index (Phi) is 2.32. The second-order valence-electron chi connectivity index (χ2n) is 5.34. The summed E-state index contributed by atoms with van der Waals surface area (Å²) in [5.74, 6) is 0. The molecule has 3 heterocycles. The van der Waals surface area contributed by atoms with Crippen LogP contribution in [0.5, 0.6) is 0 Å². The third-order valence-corrected chi connectivity index (χ3v) is 4.78. The van der Waals surface area contributed by atoms with Gasteiger partial charge in [-0.05, 0) is 36.6 Å². The Morgan fingerprint density at radius 3 is 3.05 bits per heavy atom. The summed E-state index contributed by atoms with van der Waals surface area (Å²) < 4.78 is 2.47. The van der Waals surface area contributed by atoms with Crippen molar-refractivity contribution in [1.29, 1.82) is 0 Å². The number of fused-ring (bicyclic) bond motifs is 6. The Labute approximate surface area is 118 Å². The molecule has 4 nitrogen and oxygen atoms in total. The lowest BCUT2D eigenvalue weighted by Crippen LogP contribution is -2.33. The first-order chi connectivity index (χ1) is 9.15. The fourth-order valence-corrected chi connectivity index (χ4v) is 3.95. The first kappa shape index (κ1) is 11.5. The van der Waals surface area contributed by atoms with E-state index in [9.17, 15) is 9.90 Å². The van der Waals surface area contributed by atoms with Gasteiger partial charge >= 0.3 is 6.09 Å². The molecule has 1 fully saturated rings. The lowest BCUT2D eigenvalue weighted by atomic mass is 9.99. The Bertz CT molecular complexity index is 707. The van der Waals surface area contributed by atoms with E-state index in [-0.39, 0.29) is 0 Å². The van der Waals surface area contributed by atoms with Crippen molar-refractivity contribution in [2.24, 2.45) is 0 Å². The third kappa shape index (κ3) is 1.51. The molecule has 2 bridgehead atoms. The lowest BCUT2D eigenvalue weighted by Gasteiger charge is -2.22. The molecule has 2 atom stereocenters. The van der Waals surface area contributed by atoms with Gasteiger partial charge in [0, 0.05) is 34.1 Å². The minimum atomic E-state index is -0.880. The van der Waals surface area contributed by atoms with Crippen molar-refractivity contribution in [2.45, 2.75) is 31.3 Å². The molecule has 1 aromatic heterocycles. The average Bonchev–Trinajstić information content (AvgIpc) is 2.88. The van der Waals surface area contributed by atoms with Crippen molar-refractivity contribution < 1.29 is 9.90 Å². The molecule has 0 aliphatic carbocycles. The van der Waals surface area contributed by atoms with Crippen LogP contribution in [0.2, 0.25) is 0 Å². The van der Waals surface area contributed by atoms with Crippen LogP contribution in [0.25, 0.3) is 10.9 Å². The van der Waals surface area contributed by atoms with E-state index in [0.29, 0.717) is 12.1 Å². The van der Waals surface area contributed by atoms with Gasteiger partial charge in [0.05, 0.1) is 5.52 Å². The summed E-state index contributed by atoms with van der Waals surface area (Å²) in [7, 11) is 0. The molecule has 2 unspecified atom stereocenters. The van der Waals surface area contributed by atoms with Crippen molar-refractivity contribution in [2.75, 3.05) is 0 Å². The number of aromatic nitrogens is 1. The second-order valence-corrected chi connectivity index (χ2v) is 6.25. The van der Waals surface area contributed by atoms with Gasteiger partial charge in [0.1, 0.15) is 0 Å². The number of nitrogens with zero attached hydrogens (tertiary/aromatic N) is 1. The van der Waals surface area contributed by atoms with E-state index >= 15 is 0 Å². The molecule has 5 heteroatoms. The summed E-state index contributed by atoms with van der Waals surface area (Å²) in [5.41, 5.74) is 2.97. The van der Waals surface area contributed by atoms with Gasteiger partial charge in [-0.15, -0.1) is 0 Å². The van der Waals surface area contributed by atoms with E-state index in [1.54, 1.807) is 0 Å². The maximum absolute atomic E-state index is 11.6. The molecule has 2 aliphatic heterocycles. The van der Waals surface area contributed by atoms with E-state index in [1.165, 1.54) is 10.1 Å². The van der Waals surface area contributed by atoms with Crippen molar-refractivity contribution in [3.63, 3.8) is 0 Å². The Morgan fingerprint density at radius 2 is 2.26 bits per heavy atom. The summed E-state index contributed by atoms with van der Waals surface area (Å²) in [4.78, 5) is 11.6. The van der Waals surface area contributed by atoms with Crippen molar-refractivity contribution >= 4 is 32.9 Å². The molecule has 4 rings (SSSR count). The molecule has 1 aromatic carbocycles. The summed E-state index contributed by atoms with van der Waals surface area (Å²) >= 11 is 3.48. The summed E-state index contributed by atoms with van der Waals surface area (Å²) in [6.07, 6.45) is 2.16. The van der Waals surface area contributed by atoms with Gasteiger partial charge in [-0.3, -0.25) is 0 Å². The van der Waals surface area contributed by atoms with Crippen LogP contribution in [0.1, 0.15) is 30.1 Å². The van der Waals surface area contributed by atoms with Gasteiger partial charge in [0.15, 0.2) is 0 Å². The van der Waals surface area contributed by atoms with Gasteiger partial charge in [-0.2, -0.15) is 0 Å². The number of nitrogens with one attached hydrogen (secondary N) is 1. The zero-order valence-electron chi connectivity index (χ0n) is 10.2. The van der Waals surface area contributed by atoms with Crippen LogP contribution in [0.4, 0.5) is 4.79 Å². The van der Waals surface area contributed by atoms with E-state index in [2.05, 4.69) is 21.2 Å². The van der Waals surface area contributed by atoms with Crippen LogP contribution >= 0.6 is 15.9 Å². The van der Waals surface area contributed by atoms with Crippen LogP contribution in [-0.4, -0.2) is 21.8 Å². The normalized spacial score (nSPS) is 24.7. The smallest absolute Gasteiger partial charge is 0.416 e. The van der Waals surface area contributed by atoms with Crippen molar-refractivity contribution in [1.82, 2.24) is 9.88 Å². The van der Waals surface area contributed by atoms with Gasteiger partial charge in [0.25, 0.3) is 0 Å². The fourth-order valence-electron chi connectivity index (χ4n) is 3.59. The van der Waals surface area contributed by atoms with Crippen LogP contribution in [0.3, 0.4) is 0 Å². The highest BCUT2D eigenvalue weighted by Gasteiger charge is 2.37. The maximum atomic E-state index is 11.6. The number of hydrogen-bond donors (Lipinski definition) is 2. The van der Waals surface area contributed by atoms with Crippen molar-refractivity contribution in [3.8, 4) is 0 Å². The van der Waals surface area contributed by atoms with E-state index in [4.69, 9.17) is 0 Å². The number of carboxylic acid groups (broad SMARTS) is 1. The van der Waals surface area contributed by atoms with Crippen LogP contribution in [0.15, 0.2) is 22.7 Å². The predicted octanol–water partition coefficient (Wildman–Crippen LogP) is 3.28. The molecule has 0 radical (unpaired) electrons. The monoisotopic (exact) mass is 320 g/mol. The van der Waals surface area contributed by atoms with Gasteiger partial charge in [-0.25, -0.2) is 9.36 Å². The number of benzene rings is 1. The Morgan fingerprint density at radius 1 is 1.42 bits per heavy atom. The highest BCUT2D eigenvalue weighted by molar-refractivity contribution is 9.10. The Hall–Kier alpha value is -1.33. The molecule has 2 aliphatic rings. The summed E-state index contributed by atoms with van der Waals surface area (Å²) in [6.45, 7) is 0. The maximum Gasteiger partial charge on any atom is 0.416 e. The largest absolute Gasteiger partial charge is 0.464 e. The van der Waals surface area contributed by atoms with Crippen LogP contribution < -0.4 is 5.32 Å². The number of halogens is 1. The van der Waals surface area contributed by atoms with Gasteiger partial charge in [0.2, 0.25) is 0 Å². The van der Waals surface area contributed by atoms with Crippen molar-refractivity contribution in [3.05, 3.63) is 33.9 Å². The zero-order valence-corrected chi connectivity index (χ0v) is 11.8. The predicted molar refractivity (Wildman–Crippen MR) is 75.7 cm³/mol. The van der Waals surface area contributed by atoms with Crippen LogP contribution in [-0.2, 0) is 6.42 Å². The molecule has 2 aromatic rings. The zero-order chi connectivity index (χ0) is 13.1. The SMILES string of the molecule is O=C(O)n1c2c(c3cc(Br)ccc31)C1CCC(C2)N1. The molecule has 0 saturated carbocycles. The number of carbonyl (C=O) groups is 1. The molecule has 98 valence electrons. The molecule has 0 spiro atoms. The lowest BCUT2D eigenvalue weighted by molar-refractivity contribution is 0.196. The van der Waals surface area contributed by atoms with E-state index in [1.807, 2.05) is 18.2 Å². The highest BCUT2D eigenvalue weighted by Crippen LogP contribution is 2.42. The first-order valence-electron chi connectivity index (χ1n) is 6.47. The van der Waals surface area contributed by atoms with E-state index in [0.717, 1.165) is 40.3 Å². The second kappa shape index (κ2) is 3.84. The number of hydrogen-bond acceptors (Lipinski definition) is 2. The van der Waals surface area contributed by atoms with Crippen LogP contribution in [0, 0.1) is 0 Å². The molecule has 0 amide bonds. The minimum absolute atomic E-state index is 0.311. The molecule has 2 N–H and O–H groups in total. The number of rotatable bonds is 0. The average molecular weight is 321 g/mol.